The van der Waals surface area contributed by atoms with E-state index in [0.717, 1.165) is 10.6 Å². The highest BCUT2D eigenvalue weighted by molar-refractivity contribution is 6.30. The molecule has 0 saturated carbocycles. The van der Waals surface area contributed by atoms with E-state index < -0.39 is 0 Å². The van der Waals surface area contributed by atoms with Crippen molar-refractivity contribution in [1.29, 1.82) is 0 Å². The summed E-state index contributed by atoms with van der Waals surface area (Å²) in [5, 5.41) is 9.64. The van der Waals surface area contributed by atoms with Crippen molar-refractivity contribution in [2.24, 2.45) is 5.73 Å². The van der Waals surface area contributed by atoms with Gasteiger partial charge < -0.3 is 10.8 Å². The fourth-order valence-corrected chi connectivity index (χ4v) is 1.79. The van der Waals surface area contributed by atoms with Gasteiger partial charge in [-0.25, -0.2) is 0 Å². The van der Waals surface area contributed by atoms with Crippen molar-refractivity contribution >= 4 is 11.6 Å². The maximum Gasteiger partial charge on any atom is 0.0624 e. The lowest BCUT2D eigenvalue weighted by Gasteiger charge is -2.10. The minimum Gasteiger partial charge on any atom is -0.394 e. The predicted molar refractivity (Wildman–Crippen MR) is 97.3 cm³/mol. The van der Waals surface area contributed by atoms with Crippen LogP contribution < -0.4 is 5.73 Å². The number of rotatable bonds is 3. The predicted octanol–water partition coefficient (Wildman–Crippen LogP) is 5.17. The molecule has 0 spiro atoms. The van der Waals surface area contributed by atoms with Gasteiger partial charge >= 0.3 is 0 Å². The topological polar surface area (TPSA) is 46.2 Å². The van der Waals surface area contributed by atoms with Crippen LogP contribution in [0.5, 0.6) is 0 Å². The van der Waals surface area contributed by atoms with Crippen LogP contribution in [0.25, 0.3) is 0 Å². The zero-order valence-electron chi connectivity index (χ0n) is 14.0. The first kappa shape index (κ1) is 20.6. The molecule has 3 N–H and O–H groups in total. The molecule has 2 nitrogen and oxygen atoms in total. The Hall–Kier alpha value is -1.35. The summed E-state index contributed by atoms with van der Waals surface area (Å²) < 4.78 is 0. The average molecular weight is 322 g/mol. The Kier molecular flexibility index (Phi) is 11.5. The van der Waals surface area contributed by atoms with Gasteiger partial charge in [-0.1, -0.05) is 81.8 Å². The molecule has 0 aromatic heterocycles. The third-order valence-electron chi connectivity index (χ3n) is 2.96. The van der Waals surface area contributed by atoms with Crippen LogP contribution in [-0.2, 0) is 0 Å². The van der Waals surface area contributed by atoms with Crippen molar-refractivity contribution < 1.29 is 5.11 Å². The van der Waals surface area contributed by atoms with Gasteiger partial charge in [-0.15, -0.1) is 0 Å². The first-order valence-corrected chi connectivity index (χ1v) is 8.09. The molecule has 22 heavy (non-hydrogen) atoms. The molecule has 1 unspecified atom stereocenters. The molecule has 0 aliphatic carbocycles. The van der Waals surface area contributed by atoms with Crippen molar-refractivity contribution in [3.63, 3.8) is 0 Å². The van der Waals surface area contributed by atoms with E-state index in [4.69, 9.17) is 22.4 Å². The van der Waals surface area contributed by atoms with Crippen LogP contribution in [0.3, 0.4) is 0 Å². The summed E-state index contributed by atoms with van der Waals surface area (Å²) >= 11 is 5.54. The minimum absolute atomic E-state index is 0.00102. The Morgan fingerprint density at radius 2 is 1.36 bits per heavy atom. The number of aliphatic hydroxyl groups is 1. The Labute approximate surface area is 139 Å². The molecule has 1 atom stereocenters. The Balaban J connectivity index is 0.000000412. The number of hydrogen-bond donors (Lipinski definition) is 2. The summed E-state index contributed by atoms with van der Waals surface area (Å²) in [6.07, 6.45) is 0. The highest BCUT2D eigenvalue weighted by Crippen LogP contribution is 2.17. The van der Waals surface area contributed by atoms with E-state index in [2.05, 4.69) is 26.0 Å². The molecular formula is C19H28ClNO. The number of halogens is 1. The molecule has 0 fully saturated rings. The molecule has 0 aliphatic heterocycles. The van der Waals surface area contributed by atoms with Crippen LogP contribution in [0.15, 0.2) is 54.6 Å². The first-order valence-electron chi connectivity index (χ1n) is 7.71. The molecule has 0 amide bonds. The van der Waals surface area contributed by atoms with E-state index in [1.54, 1.807) is 0 Å². The molecule has 2 aromatic rings. The van der Waals surface area contributed by atoms with Crippen LogP contribution >= 0.6 is 11.6 Å². The summed E-state index contributed by atoms with van der Waals surface area (Å²) in [7, 11) is 0. The fourth-order valence-electron chi connectivity index (χ4n) is 1.65. The third kappa shape index (κ3) is 8.18. The van der Waals surface area contributed by atoms with Crippen molar-refractivity contribution in [3.8, 4) is 0 Å². The second-order valence-electron chi connectivity index (χ2n) is 4.91. The normalized spacial score (nSPS) is 10.9. The minimum atomic E-state index is -0.249. The highest BCUT2D eigenvalue weighted by Gasteiger charge is 2.04. The number of hydrogen-bond acceptors (Lipinski definition) is 2. The van der Waals surface area contributed by atoms with Gasteiger partial charge in [0, 0.05) is 5.02 Å². The van der Waals surface area contributed by atoms with Gasteiger partial charge in [0.1, 0.15) is 0 Å². The zero-order valence-corrected chi connectivity index (χ0v) is 14.7. The van der Waals surface area contributed by atoms with E-state index in [1.165, 1.54) is 5.56 Å². The number of nitrogens with two attached hydrogens (primary N) is 1. The van der Waals surface area contributed by atoms with E-state index in [1.807, 2.05) is 56.3 Å². The lowest BCUT2D eigenvalue weighted by atomic mass is 10.00. The lowest BCUT2D eigenvalue weighted by Crippen LogP contribution is -2.14. The summed E-state index contributed by atoms with van der Waals surface area (Å²) in [4.78, 5) is 0. The summed E-state index contributed by atoms with van der Waals surface area (Å²) in [5.74, 6) is 0.541. The van der Waals surface area contributed by atoms with Gasteiger partial charge in [0.05, 0.1) is 12.6 Å². The fraction of sp³-hybridized carbons (Fsp3) is 0.368. The summed E-state index contributed by atoms with van der Waals surface area (Å²) in [6.45, 7) is 8.31. The summed E-state index contributed by atoms with van der Waals surface area (Å²) in [5.41, 5.74) is 7.96. The Bertz CT molecular complexity index is 483. The van der Waals surface area contributed by atoms with Crippen molar-refractivity contribution in [2.45, 2.75) is 39.7 Å². The molecule has 3 heteroatoms. The lowest BCUT2D eigenvalue weighted by molar-refractivity contribution is 0.268. The molecule has 0 radical (unpaired) electrons. The van der Waals surface area contributed by atoms with Crippen LogP contribution in [0.4, 0.5) is 0 Å². The third-order valence-corrected chi connectivity index (χ3v) is 3.21. The van der Waals surface area contributed by atoms with Gasteiger partial charge in [-0.3, -0.25) is 0 Å². The van der Waals surface area contributed by atoms with Crippen LogP contribution in [0.1, 0.15) is 50.8 Å². The molecule has 0 heterocycles. The molecule has 0 saturated heterocycles. The van der Waals surface area contributed by atoms with Gasteiger partial charge in [0.2, 0.25) is 0 Å². The maximum absolute atomic E-state index is 8.84. The van der Waals surface area contributed by atoms with Crippen LogP contribution in [0.2, 0.25) is 5.02 Å². The van der Waals surface area contributed by atoms with Gasteiger partial charge in [-0.05, 0) is 29.2 Å². The SMILES string of the molecule is CC.CC(C)c1ccc(C(N)CO)cc1.Clc1ccccc1. The smallest absolute Gasteiger partial charge is 0.0624 e. The Morgan fingerprint density at radius 1 is 0.909 bits per heavy atom. The summed E-state index contributed by atoms with van der Waals surface area (Å²) in [6, 6.07) is 17.3. The largest absolute Gasteiger partial charge is 0.394 e. The van der Waals surface area contributed by atoms with Crippen molar-refractivity contribution in [2.75, 3.05) is 6.61 Å². The van der Waals surface area contributed by atoms with E-state index in [9.17, 15) is 0 Å². The molecular weight excluding hydrogens is 294 g/mol. The van der Waals surface area contributed by atoms with E-state index >= 15 is 0 Å². The zero-order chi connectivity index (χ0) is 17.0. The first-order chi connectivity index (χ1) is 10.5. The Morgan fingerprint density at radius 3 is 1.68 bits per heavy atom. The number of benzene rings is 2. The van der Waals surface area contributed by atoms with E-state index in [0.29, 0.717) is 5.92 Å². The highest BCUT2D eigenvalue weighted by atomic mass is 35.5. The molecule has 122 valence electrons. The number of aliphatic hydroxyl groups excluding tert-OH is 1. The molecule has 2 aromatic carbocycles. The standard InChI is InChI=1S/C11H17NO.C6H5Cl.C2H6/c1-8(2)9-3-5-10(6-4-9)11(12)7-13;7-6-4-2-1-3-5-6;1-2/h3-6,8,11,13H,7,12H2,1-2H3;1-5H;1-2H3. The molecule has 0 aliphatic rings. The van der Waals surface area contributed by atoms with E-state index in [-0.39, 0.29) is 12.6 Å². The second-order valence-corrected chi connectivity index (χ2v) is 5.34. The van der Waals surface area contributed by atoms with Gasteiger partial charge in [0.15, 0.2) is 0 Å². The average Bonchev–Trinajstić information content (AvgIpc) is 2.57. The van der Waals surface area contributed by atoms with Crippen LogP contribution in [0, 0.1) is 0 Å². The quantitative estimate of drug-likeness (QED) is 0.819. The van der Waals surface area contributed by atoms with Crippen molar-refractivity contribution in [1.82, 2.24) is 0 Å². The van der Waals surface area contributed by atoms with Crippen LogP contribution in [-0.4, -0.2) is 11.7 Å². The van der Waals surface area contributed by atoms with Crippen molar-refractivity contribution in [3.05, 3.63) is 70.7 Å². The van der Waals surface area contributed by atoms with Gasteiger partial charge in [0.25, 0.3) is 0 Å². The monoisotopic (exact) mass is 321 g/mol. The molecule has 2 rings (SSSR count). The molecule has 0 bridgehead atoms. The van der Waals surface area contributed by atoms with Gasteiger partial charge in [-0.2, -0.15) is 0 Å². The second kappa shape index (κ2) is 12.2. The maximum atomic E-state index is 8.84.